The van der Waals surface area contributed by atoms with Crippen LogP contribution < -0.4 is 5.32 Å². The summed E-state index contributed by atoms with van der Waals surface area (Å²) in [5, 5.41) is 3.27. The van der Waals surface area contributed by atoms with Gasteiger partial charge in [0.1, 0.15) is 0 Å². The number of amides is 1. The second-order valence-electron chi connectivity index (χ2n) is 5.50. The first-order chi connectivity index (χ1) is 9.72. The largest absolute Gasteiger partial charge is 0.340 e. The summed E-state index contributed by atoms with van der Waals surface area (Å²) in [4.78, 5) is 18.1. The zero-order chi connectivity index (χ0) is 13.9. The van der Waals surface area contributed by atoms with Crippen molar-refractivity contribution in [2.75, 3.05) is 39.3 Å². The minimum absolute atomic E-state index is 0.206. The molecule has 110 valence electrons. The molecular weight excluding hydrogens is 294 g/mol. The lowest BCUT2D eigenvalue weighted by molar-refractivity contribution is -0.136. The normalized spacial score (nSPS) is 24.2. The summed E-state index contributed by atoms with van der Waals surface area (Å²) in [6.45, 7) is 6.42. The molecule has 2 aliphatic heterocycles. The van der Waals surface area contributed by atoms with Gasteiger partial charge in [-0.25, -0.2) is 0 Å². The number of carbonyl (C=O) groups excluding carboxylic acids is 1. The maximum Gasteiger partial charge on any atom is 0.227 e. The lowest BCUT2D eigenvalue weighted by atomic mass is 10.1. The summed E-state index contributed by atoms with van der Waals surface area (Å²) in [6, 6.07) is 4.04. The molecule has 1 aromatic rings. The third-order valence-electron chi connectivity index (χ3n) is 4.10. The van der Waals surface area contributed by atoms with Crippen LogP contribution in [0, 0.1) is 5.92 Å². The average molecular weight is 314 g/mol. The monoisotopic (exact) mass is 313 g/mol. The van der Waals surface area contributed by atoms with E-state index in [1.165, 1.54) is 4.88 Å². The fourth-order valence-electron chi connectivity index (χ4n) is 2.91. The van der Waals surface area contributed by atoms with Gasteiger partial charge in [0.2, 0.25) is 5.91 Å². The number of nitrogens with zero attached hydrogens (tertiary/aromatic N) is 2. The smallest absolute Gasteiger partial charge is 0.227 e. The highest BCUT2D eigenvalue weighted by molar-refractivity contribution is 7.16. The Labute approximate surface area is 128 Å². The van der Waals surface area contributed by atoms with Gasteiger partial charge in [0, 0.05) is 44.1 Å². The molecule has 0 radical (unpaired) electrons. The average Bonchev–Trinajstić information content (AvgIpc) is 3.11. The van der Waals surface area contributed by atoms with Crippen LogP contribution >= 0.6 is 22.9 Å². The molecule has 20 heavy (non-hydrogen) atoms. The summed E-state index contributed by atoms with van der Waals surface area (Å²) in [7, 11) is 0. The summed E-state index contributed by atoms with van der Waals surface area (Å²) in [6.07, 6.45) is 0.993. The third kappa shape index (κ3) is 3.34. The standard InChI is InChI=1S/C14H20ClN3OS/c15-13-2-1-12(20-13)10-17-5-7-18(8-6-17)14(19)11-3-4-16-9-11/h1-2,11,16H,3-10H2. The molecule has 0 saturated carbocycles. The molecule has 1 unspecified atom stereocenters. The van der Waals surface area contributed by atoms with Crippen molar-refractivity contribution in [3.05, 3.63) is 21.3 Å². The maximum atomic E-state index is 12.3. The number of nitrogens with one attached hydrogen (secondary N) is 1. The molecule has 0 aliphatic carbocycles. The van der Waals surface area contributed by atoms with E-state index in [1.54, 1.807) is 11.3 Å². The summed E-state index contributed by atoms with van der Waals surface area (Å²) in [5.74, 6) is 0.548. The van der Waals surface area contributed by atoms with Crippen molar-refractivity contribution in [2.24, 2.45) is 5.92 Å². The van der Waals surface area contributed by atoms with Gasteiger partial charge in [-0.05, 0) is 25.1 Å². The Morgan fingerprint density at radius 1 is 1.35 bits per heavy atom. The molecule has 2 fully saturated rings. The minimum Gasteiger partial charge on any atom is -0.340 e. The Morgan fingerprint density at radius 2 is 2.15 bits per heavy atom. The van der Waals surface area contributed by atoms with Gasteiger partial charge in [-0.15, -0.1) is 11.3 Å². The quantitative estimate of drug-likeness (QED) is 0.922. The molecule has 3 heterocycles. The Kier molecular flexibility index (Phi) is 4.61. The fourth-order valence-corrected chi connectivity index (χ4v) is 4.04. The zero-order valence-electron chi connectivity index (χ0n) is 11.5. The Morgan fingerprint density at radius 3 is 2.75 bits per heavy atom. The number of carbonyl (C=O) groups is 1. The van der Waals surface area contributed by atoms with Crippen molar-refractivity contribution in [2.45, 2.75) is 13.0 Å². The van der Waals surface area contributed by atoms with Crippen molar-refractivity contribution in [3.63, 3.8) is 0 Å². The predicted octanol–water partition coefficient (Wildman–Crippen LogP) is 1.66. The number of thiophene rings is 1. The van der Waals surface area contributed by atoms with E-state index in [0.717, 1.165) is 56.6 Å². The SMILES string of the molecule is O=C(C1CCNC1)N1CCN(Cc2ccc(Cl)s2)CC1. The van der Waals surface area contributed by atoms with Gasteiger partial charge in [0.25, 0.3) is 0 Å². The van der Waals surface area contributed by atoms with Gasteiger partial charge in [0.05, 0.1) is 10.3 Å². The molecule has 0 aromatic carbocycles. The molecule has 2 saturated heterocycles. The van der Waals surface area contributed by atoms with E-state index in [1.807, 2.05) is 11.0 Å². The van der Waals surface area contributed by atoms with Gasteiger partial charge < -0.3 is 10.2 Å². The number of halogens is 1. The number of hydrogen-bond donors (Lipinski definition) is 1. The molecule has 1 atom stereocenters. The Bertz CT molecular complexity index is 465. The first-order valence-corrected chi connectivity index (χ1v) is 8.38. The molecule has 2 aliphatic rings. The molecule has 4 nitrogen and oxygen atoms in total. The van der Waals surface area contributed by atoms with Gasteiger partial charge >= 0.3 is 0 Å². The van der Waals surface area contributed by atoms with Crippen LogP contribution in [-0.4, -0.2) is 55.0 Å². The van der Waals surface area contributed by atoms with Gasteiger partial charge in [-0.1, -0.05) is 11.6 Å². The second kappa shape index (κ2) is 6.43. The zero-order valence-corrected chi connectivity index (χ0v) is 13.1. The highest BCUT2D eigenvalue weighted by Crippen LogP contribution is 2.23. The molecule has 3 rings (SSSR count). The van der Waals surface area contributed by atoms with Crippen molar-refractivity contribution in [3.8, 4) is 0 Å². The maximum absolute atomic E-state index is 12.3. The molecule has 1 N–H and O–H groups in total. The summed E-state index contributed by atoms with van der Waals surface area (Å²) >= 11 is 7.60. The minimum atomic E-state index is 0.206. The van der Waals surface area contributed by atoms with E-state index in [9.17, 15) is 4.79 Å². The lowest BCUT2D eigenvalue weighted by Gasteiger charge is -2.35. The highest BCUT2D eigenvalue weighted by Gasteiger charge is 2.29. The number of piperazine rings is 1. The molecule has 1 aromatic heterocycles. The van der Waals surface area contributed by atoms with Crippen LogP contribution in [0.25, 0.3) is 0 Å². The Hall–Kier alpha value is -0.620. The first kappa shape index (κ1) is 14.3. The van der Waals surface area contributed by atoms with Crippen LogP contribution in [0.15, 0.2) is 12.1 Å². The van der Waals surface area contributed by atoms with Gasteiger partial charge in [-0.3, -0.25) is 9.69 Å². The van der Waals surface area contributed by atoms with E-state index in [2.05, 4.69) is 16.3 Å². The highest BCUT2D eigenvalue weighted by atomic mass is 35.5. The fraction of sp³-hybridized carbons (Fsp3) is 0.643. The van der Waals surface area contributed by atoms with Crippen molar-refractivity contribution < 1.29 is 4.79 Å². The second-order valence-corrected chi connectivity index (χ2v) is 7.30. The van der Waals surface area contributed by atoms with Crippen molar-refractivity contribution in [1.29, 1.82) is 0 Å². The molecular formula is C14H20ClN3OS. The van der Waals surface area contributed by atoms with Crippen LogP contribution in [0.1, 0.15) is 11.3 Å². The van der Waals surface area contributed by atoms with Crippen LogP contribution in [0.4, 0.5) is 0 Å². The van der Waals surface area contributed by atoms with Gasteiger partial charge in [0.15, 0.2) is 0 Å². The Balaban J connectivity index is 1.48. The van der Waals surface area contributed by atoms with E-state index < -0.39 is 0 Å². The summed E-state index contributed by atoms with van der Waals surface area (Å²) < 4.78 is 0.850. The van der Waals surface area contributed by atoms with Crippen LogP contribution in [0.5, 0.6) is 0 Å². The van der Waals surface area contributed by atoms with E-state index >= 15 is 0 Å². The van der Waals surface area contributed by atoms with Gasteiger partial charge in [-0.2, -0.15) is 0 Å². The summed E-state index contributed by atoms with van der Waals surface area (Å²) in [5.41, 5.74) is 0. The molecule has 6 heteroatoms. The number of hydrogen-bond acceptors (Lipinski definition) is 4. The van der Waals surface area contributed by atoms with Crippen molar-refractivity contribution >= 4 is 28.8 Å². The van der Waals surface area contributed by atoms with Crippen LogP contribution in [-0.2, 0) is 11.3 Å². The third-order valence-corrected chi connectivity index (χ3v) is 5.32. The van der Waals surface area contributed by atoms with Crippen molar-refractivity contribution in [1.82, 2.24) is 15.1 Å². The number of rotatable bonds is 3. The molecule has 0 bridgehead atoms. The predicted molar refractivity (Wildman–Crippen MR) is 82.2 cm³/mol. The van der Waals surface area contributed by atoms with Crippen LogP contribution in [0.2, 0.25) is 4.34 Å². The molecule has 1 amide bonds. The van der Waals surface area contributed by atoms with Crippen LogP contribution in [0.3, 0.4) is 0 Å². The lowest BCUT2D eigenvalue weighted by Crippen LogP contribution is -2.50. The van der Waals surface area contributed by atoms with E-state index in [4.69, 9.17) is 11.6 Å². The first-order valence-electron chi connectivity index (χ1n) is 7.18. The topological polar surface area (TPSA) is 35.6 Å². The van der Waals surface area contributed by atoms with E-state index in [0.29, 0.717) is 5.91 Å². The molecule has 0 spiro atoms. The van der Waals surface area contributed by atoms with E-state index in [-0.39, 0.29) is 5.92 Å².